The van der Waals surface area contributed by atoms with E-state index in [1.165, 1.54) is 0 Å². The quantitative estimate of drug-likeness (QED) is 0.885. The molecule has 0 bridgehead atoms. The van der Waals surface area contributed by atoms with Gasteiger partial charge >= 0.3 is 5.97 Å². The normalized spacial score (nSPS) is 22.2. The number of hydrogen-bond donors (Lipinski definition) is 2. The second-order valence-corrected chi connectivity index (χ2v) is 4.60. The highest BCUT2D eigenvalue weighted by Crippen LogP contribution is 2.33. The van der Waals surface area contributed by atoms with Gasteiger partial charge in [-0.05, 0) is 25.0 Å². The lowest BCUT2D eigenvalue weighted by Gasteiger charge is -2.15. The van der Waals surface area contributed by atoms with Crippen molar-refractivity contribution in [2.24, 2.45) is 11.8 Å². The van der Waals surface area contributed by atoms with Gasteiger partial charge in [-0.15, -0.1) is 0 Å². The molecule has 1 aliphatic rings. The molecular weight excluding hydrogens is 256 g/mol. The Kier molecular flexibility index (Phi) is 3.78. The van der Waals surface area contributed by atoms with E-state index in [4.69, 9.17) is 5.11 Å². The third-order valence-electron chi connectivity index (χ3n) is 3.36. The largest absolute Gasteiger partial charge is 0.481 e. The molecule has 6 heteroatoms. The summed E-state index contributed by atoms with van der Waals surface area (Å²) >= 11 is 0. The minimum Gasteiger partial charge on any atom is -0.481 e. The molecule has 0 aliphatic heterocycles. The molecule has 4 nitrogen and oxygen atoms in total. The lowest BCUT2D eigenvalue weighted by atomic mass is 9.95. The monoisotopic (exact) mass is 269 g/mol. The van der Waals surface area contributed by atoms with Crippen molar-refractivity contribution in [3.05, 3.63) is 29.8 Å². The maximum Gasteiger partial charge on any atom is 0.307 e. The number of halogens is 2. The molecule has 0 saturated heterocycles. The number of hydrogen-bond acceptors (Lipinski definition) is 2. The first-order valence-corrected chi connectivity index (χ1v) is 5.98. The van der Waals surface area contributed by atoms with E-state index in [2.05, 4.69) is 5.32 Å². The van der Waals surface area contributed by atoms with E-state index < -0.39 is 35.3 Å². The third-order valence-corrected chi connectivity index (χ3v) is 3.36. The van der Waals surface area contributed by atoms with Crippen LogP contribution < -0.4 is 5.32 Å². The van der Waals surface area contributed by atoms with Crippen LogP contribution in [0.3, 0.4) is 0 Å². The fraction of sp³-hybridized carbons (Fsp3) is 0.385. The van der Waals surface area contributed by atoms with Gasteiger partial charge in [0.1, 0.15) is 11.6 Å². The van der Waals surface area contributed by atoms with E-state index in [0.29, 0.717) is 25.3 Å². The maximum atomic E-state index is 13.4. The summed E-state index contributed by atoms with van der Waals surface area (Å²) in [4.78, 5) is 22.9. The van der Waals surface area contributed by atoms with Crippen molar-refractivity contribution < 1.29 is 23.5 Å². The molecule has 19 heavy (non-hydrogen) atoms. The van der Waals surface area contributed by atoms with Crippen LogP contribution in [0.5, 0.6) is 0 Å². The lowest BCUT2D eigenvalue weighted by Crippen LogP contribution is -2.30. The van der Waals surface area contributed by atoms with Gasteiger partial charge in [-0.1, -0.05) is 6.42 Å². The highest BCUT2D eigenvalue weighted by Gasteiger charge is 2.37. The first-order chi connectivity index (χ1) is 8.99. The van der Waals surface area contributed by atoms with Crippen LogP contribution in [-0.2, 0) is 9.59 Å². The summed E-state index contributed by atoms with van der Waals surface area (Å²) < 4.78 is 26.1. The Labute approximate surface area is 108 Å². The van der Waals surface area contributed by atoms with Crippen molar-refractivity contribution in [3.8, 4) is 0 Å². The zero-order valence-electron chi connectivity index (χ0n) is 10.0. The van der Waals surface area contributed by atoms with E-state index >= 15 is 0 Å². The average molecular weight is 269 g/mol. The van der Waals surface area contributed by atoms with Crippen molar-refractivity contribution in [1.29, 1.82) is 0 Å². The highest BCUT2D eigenvalue weighted by atomic mass is 19.1. The highest BCUT2D eigenvalue weighted by molar-refractivity contribution is 5.95. The van der Waals surface area contributed by atoms with Crippen LogP contribution in [0.4, 0.5) is 14.5 Å². The van der Waals surface area contributed by atoms with Gasteiger partial charge in [-0.2, -0.15) is 0 Å². The first-order valence-electron chi connectivity index (χ1n) is 5.98. The molecule has 1 aromatic rings. The maximum absolute atomic E-state index is 13.4. The number of benzene rings is 1. The van der Waals surface area contributed by atoms with Crippen LogP contribution >= 0.6 is 0 Å². The Hall–Kier alpha value is -1.98. The predicted molar refractivity (Wildman–Crippen MR) is 63.5 cm³/mol. The molecule has 2 rings (SSSR count). The summed E-state index contributed by atoms with van der Waals surface area (Å²) in [7, 11) is 0. The molecule has 102 valence electrons. The summed E-state index contributed by atoms with van der Waals surface area (Å²) in [5, 5.41) is 11.3. The summed E-state index contributed by atoms with van der Waals surface area (Å²) in [6.07, 6.45) is 1.56. The van der Waals surface area contributed by atoms with Gasteiger partial charge in [0.05, 0.1) is 17.5 Å². The Morgan fingerprint density at radius 2 is 1.89 bits per heavy atom. The van der Waals surface area contributed by atoms with Crippen LogP contribution in [0.15, 0.2) is 18.2 Å². The summed E-state index contributed by atoms with van der Waals surface area (Å²) in [5.41, 5.74) is -0.137. The van der Waals surface area contributed by atoms with Crippen molar-refractivity contribution in [1.82, 2.24) is 0 Å². The van der Waals surface area contributed by atoms with Gasteiger partial charge in [0, 0.05) is 6.07 Å². The summed E-state index contributed by atoms with van der Waals surface area (Å²) in [5.74, 6) is -4.56. The van der Waals surface area contributed by atoms with E-state index in [9.17, 15) is 18.4 Å². The van der Waals surface area contributed by atoms with Gasteiger partial charge in [-0.3, -0.25) is 9.59 Å². The average Bonchev–Trinajstić information content (AvgIpc) is 2.82. The Balaban J connectivity index is 2.10. The van der Waals surface area contributed by atoms with Crippen molar-refractivity contribution in [2.45, 2.75) is 19.3 Å². The van der Waals surface area contributed by atoms with Crippen LogP contribution in [0.25, 0.3) is 0 Å². The van der Waals surface area contributed by atoms with Crippen molar-refractivity contribution >= 4 is 17.6 Å². The molecule has 0 radical (unpaired) electrons. The third kappa shape index (κ3) is 2.89. The van der Waals surface area contributed by atoms with Crippen molar-refractivity contribution in [3.63, 3.8) is 0 Å². The molecule has 2 atom stereocenters. The summed E-state index contributed by atoms with van der Waals surface area (Å²) in [6, 6.07) is 2.81. The summed E-state index contributed by atoms with van der Waals surface area (Å²) in [6.45, 7) is 0. The number of carboxylic acid groups (broad SMARTS) is 1. The molecule has 0 aromatic heterocycles. The number of anilines is 1. The Morgan fingerprint density at radius 1 is 1.21 bits per heavy atom. The Morgan fingerprint density at radius 3 is 2.53 bits per heavy atom. The van der Waals surface area contributed by atoms with Crippen LogP contribution in [0, 0.1) is 23.5 Å². The first kappa shape index (κ1) is 13.5. The smallest absolute Gasteiger partial charge is 0.307 e. The number of nitrogens with one attached hydrogen (secondary N) is 1. The lowest BCUT2D eigenvalue weighted by molar-refractivity contribution is -0.145. The zero-order valence-corrected chi connectivity index (χ0v) is 10.0. The topological polar surface area (TPSA) is 66.4 Å². The second kappa shape index (κ2) is 5.34. The predicted octanol–water partition coefficient (Wildman–Crippen LogP) is 2.40. The zero-order chi connectivity index (χ0) is 14.0. The minimum absolute atomic E-state index is 0.137. The van der Waals surface area contributed by atoms with Gasteiger partial charge in [0.2, 0.25) is 5.91 Å². The van der Waals surface area contributed by atoms with E-state index in [1.807, 2.05) is 0 Å². The van der Waals surface area contributed by atoms with Gasteiger partial charge < -0.3 is 10.4 Å². The van der Waals surface area contributed by atoms with E-state index in [1.54, 1.807) is 0 Å². The molecule has 0 spiro atoms. The number of carbonyl (C=O) groups is 2. The van der Waals surface area contributed by atoms with Crippen LogP contribution in [0.2, 0.25) is 0 Å². The molecule has 1 amide bonds. The Bertz CT molecular complexity index is 519. The number of carboxylic acids is 1. The van der Waals surface area contributed by atoms with Gasteiger partial charge in [0.15, 0.2) is 0 Å². The molecule has 1 aliphatic carbocycles. The second-order valence-electron chi connectivity index (χ2n) is 4.60. The molecule has 1 aromatic carbocycles. The molecule has 2 unspecified atom stereocenters. The molecule has 2 N–H and O–H groups in total. The number of carbonyl (C=O) groups excluding carboxylic acids is 1. The van der Waals surface area contributed by atoms with E-state index in [0.717, 1.165) is 12.1 Å². The number of aliphatic carboxylic acids is 1. The fourth-order valence-electron chi connectivity index (χ4n) is 2.39. The van der Waals surface area contributed by atoms with Crippen LogP contribution in [0.1, 0.15) is 19.3 Å². The molecule has 0 heterocycles. The molecular formula is C13H13F2NO3. The molecule has 1 saturated carbocycles. The van der Waals surface area contributed by atoms with Gasteiger partial charge in [-0.25, -0.2) is 8.78 Å². The SMILES string of the molecule is O=C(O)C1CCCC1C(=O)Nc1ccc(F)cc1F. The standard InChI is InChI=1S/C13H13F2NO3/c14-7-4-5-11(10(15)6-7)16-12(17)8-2-1-3-9(8)13(18)19/h4-6,8-9H,1-3H2,(H,16,17)(H,18,19). The fourth-order valence-corrected chi connectivity index (χ4v) is 2.39. The molecule has 1 fully saturated rings. The number of rotatable bonds is 3. The van der Waals surface area contributed by atoms with Gasteiger partial charge in [0.25, 0.3) is 0 Å². The van der Waals surface area contributed by atoms with E-state index in [-0.39, 0.29) is 5.69 Å². The number of amides is 1. The van der Waals surface area contributed by atoms with Crippen molar-refractivity contribution in [2.75, 3.05) is 5.32 Å². The minimum atomic E-state index is -1.02. The van der Waals surface area contributed by atoms with Crippen LogP contribution in [-0.4, -0.2) is 17.0 Å².